The Balaban J connectivity index is 1.53. The summed E-state index contributed by atoms with van der Waals surface area (Å²) in [5.41, 5.74) is 0.925. The number of nitrogens with one attached hydrogen (secondary N) is 2. The average Bonchev–Trinajstić information content (AvgIpc) is 3.27. The number of carbonyl (C=O) groups is 1. The number of hydrogen-bond donors (Lipinski definition) is 2. The molecule has 150 valence electrons. The maximum atomic E-state index is 12.2. The lowest BCUT2D eigenvalue weighted by atomic mass is 9.97. The molecule has 2 saturated heterocycles. The number of fused-ring (bicyclic) bond motifs is 1. The summed E-state index contributed by atoms with van der Waals surface area (Å²) in [7, 11) is 0. The predicted octanol–water partition coefficient (Wildman–Crippen LogP) is -0.117. The summed E-state index contributed by atoms with van der Waals surface area (Å²) in [6.07, 6.45) is -0.00781. The molecule has 28 heavy (non-hydrogen) atoms. The summed E-state index contributed by atoms with van der Waals surface area (Å²) in [6, 6.07) is 0.805. The Labute approximate surface area is 163 Å². The molecule has 0 spiro atoms. The van der Waals surface area contributed by atoms with Crippen LogP contribution in [0.15, 0.2) is 32.7 Å². The van der Waals surface area contributed by atoms with E-state index in [2.05, 4.69) is 15.3 Å². The Bertz CT molecular complexity index is 969. The van der Waals surface area contributed by atoms with Gasteiger partial charge in [0.05, 0.1) is 18.2 Å². The van der Waals surface area contributed by atoms with Crippen molar-refractivity contribution in [1.82, 2.24) is 19.9 Å². The fraction of sp³-hybridized carbons (Fsp3) is 0.529. The molecule has 2 aliphatic heterocycles. The lowest BCUT2D eigenvalue weighted by molar-refractivity contribution is -0.153. The predicted molar refractivity (Wildman–Crippen MR) is 98.4 cm³/mol. The third kappa shape index (κ3) is 3.65. The minimum absolute atomic E-state index is 0.170. The standard InChI is InChI=1S/C17H20N4O6S/c1-17(2)26-13-10(21-4-3-12(22)20-16(21)24)6-25-11(14(13)27-17)5-18-15(23)9-7-28-8-19-9/h3-4,7-8,10-11,13-14H,5-6H2,1-2H3,(H,18,23)(H,20,22,24)/t10-,11-,13+,14-/m1/s1. The van der Waals surface area contributed by atoms with Crippen LogP contribution in [0.4, 0.5) is 0 Å². The number of nitrogens with zero attached hydrogens (tertiary/aromatic N) is 2. The summed E-state index contributed by atoms with van der Waals surface area (Å²) < 4.78 is 19.3. The topological polar surface area (TPSA) is 125 Å². The number of rotatable bonds is 4. The zero-order valence-electron chi connectivity index (χ0n) is 15.3. The van der Waals surface area contributed by atoms with Gasteiger partial charge in [0.25, 0.3) is 11.5 Å². The normalized spacial score (nSPS) is 28.6. The van der Waals surface area contributed by atoms with Crippen LogP contribution in [0.1, 0.15) is 30.4 Å². The van der Waals surface area contributed by atoms with Gasteiger partial charge in [-0.15, -0.1) is 11.3 Å². The van der Waals surface area contributed by atoms with Gasteiger partial charge in [-0.05, 0) is 13.8 Å². The molecule has 0 unspecified atom stereocenters. The van der Waals surface area contributed by atoms with Crippen molar-refractivity contribution in [2.75, 3.05) is 13.2 Å². The molecule has 0 aromatic carbocycles. The lowest BCUT2D eigenvalue weighted by Crippen LogP contribution is -2.54. The molecular weight excluding hydrogens is 388 g/mol. The molecular formula is C17H20N4O6S. The van der Waals surface area contributed by atoms with E-state index in [0.29, 0.717) is 5.69 Å². The van der Waals surface area contributed by atoms with Crippen LogP contribution in [0.25, 0.3) is 0 Å². The molecule has 10 nitrogen and oxygen atoms in total. The summed E-state index contributed by atoms with van der Waals surface area (Å²) >= 11 is 1.34. The Morgan fingerprint density at radius 3 is 2.89 bits per heavy atom. The second kappa shape index (κ2) is 7.24. The van der Waals surface area contributed by atoms with Crippen molar-refractivity contribution < 1.29 is 19.0 Å². The summed E-state index contributed by atoms with van der Waals surface area (Å²) in [6.45, 7) is 3.94. The van der Waals surface area contributed by atoms with Gasteiger partial charge in [0.15, 0.2) is 5.79 Å². The number of thiazole rings is 1. The Morgan fingerprint density at radius 1 is 1.39 bits per heavy atom. The van der Waals surface area contributed by atoms with Crippen LogP contribution in [0.2, 0.25) is 0 Å². The van der Waals surface area contributed by atoms with Crippen LogP contribution in [0.5, 0.6) is 0 Å². The maximum Gasteiger partial charge on any atom is 0.328 e. The molecule has 4 rings (SSSR count). The third-order valence-corrected chi connectivity index (χ3v) is 5.31. The monoisotopic (exact) mass is 408 g/mol. The Morgan fingerprint density at radius 2 is 2.18 bits per heavy atom. The number of hydrogen-bond acceptors (Lipinski definition) is 8. The first-order chi connectivity index (χ1) is 13.3. The molecule has 2 N–H and O–H groups in total. The van der Waals surface area contributed by atoms with Gasteiger partial charge in [-0.25, -0.2) is 9.78 Å². The van der Waals surface area contributed by atoms with Gasteiger partial charge in [-0.3, -0.25) is 19.1 Å². The highest BCUT2D eigenvalue weighted by molar-refractivity contribution is 7.07. The summed E-state index contributed by atoms with van der Waals surface area (Å²) in [5.74, 6) is -1.16. The van der Waals surface area contributed by atoms with Crippen molar-refractivity contribution in [3.8, 4) is 0 Å². The van der Waals surface area contributed by atoms with Crippen molar-refractivity contribution in [2.45, 2.75) is 44.0 Å². The smallest absolute Gasteiger partial charge is 0.328 e. The van der Waals surface area contributed by atoms with Gasteiger partial charge in [0, 0.05) is 24.2 Å². The van der Waals surface area contributed by atoms with Crippen LogP contribution in [-0.4, -0.2) is 57.7 Å². The second-order valence-electron chi connectivity index (χ2n) is 7.11. The maximum absolute atomic E-state index is 12.2. The van der Waals surface area contributed by atoms with E-state index in [1.54, 1.807) is 24.7 Å². The highest BCUT2D eigenvalue weighted by atomic mass is 32.1. The quantitative estimate of drug-likeness (QED) is 0.723. The highest BCUT2D eigenvalue weighted by Crippen LogP contribution is 2.39. The summed E-state index contributed by atoms with van der Waals surface area (Å²) in [5, 5.41) is 4.46. The largest absolute Gasteiger partial charge is 0.371 e. The molecule has 2 aromatic rings. The number of H-pyrrole nitrogens is 1. The van der Waals surface area contributed by atoms with Gasteiger partial charge >= 0.3 is 5.69 Å². The molecule has 11 heteroatoms. The van der Waals surface area contributed by atoms with Gasteiger partial charge in [0.2, 0.25) is 0 Å². The van der Waals surface area contributed by atoms with E-state index in [9.17, 15) is 14.4 Å². The molecule has 4 atom stereocenters. The average molecular weight is 408 g/mol. The van der Waals surface area contributed by atoms with Crippen LogP contribution in [0, 0.1) is 0 Å². The molecule has 2 aromatic heterocycles. The number of aromatic nitrogens is 3. The van der Waals surface area contributed by atoms with Crippen molar-refractivity contribution in [2.24, 2.45) is 0 Å². The van der Waals surface area contributed by atoms with Gasteiger partial charge in [-0.2, -0.15) is 0 Å². The van der Waals surface area contributed by atoms with Crippen LogP contribution < -0.4 is 16.6 Å². The van der Waals surface area contributed by atoms with Crippen molar-refractivity contribution >= 4 is 17.2 Å². The van der Waals surface area contributed by atoms with E-state index < -0.39 is 41.4 Å². The van der Waals surface area contributed by atoms with Crippen molar-refractivity contribution in [1.29, 1.82) is 0 Å². The number of aromatic amines is 1. The van der Waals surface area contributed by atoms with E-state index in [4.69, 9.17) is 14.2 Å². The zero-order chi connectivity index (χ0) is 19.9. The van der Waals surface area contributed by atoms with E-state index in [-0.39, 0.29) is 19.1 Å². The van der Waals surface area contributed by atoms with E-state index in [0.717, 1.165) is 0 Å². The number of amides is 1. The second-order valence-corrected chi connectivity index (χ2v) is 7.82. The fourth-order valence-corrected chi connectivity index (χ4v) is 4.06. The van der Waals surface area contributed by atoms with E-state index in [1.165, 1.54) is 28.2 Å². The molecule has 0 bridgehead atoms. The Kier molecular flexibility index (Phi) is 4.91. The van der Waals surface area contributed by atoms with Crippen LogP contribution in [0.3, 0.4) is 0 Å². The van der Waals surface area contributed by atoms with Gasteiger partial charge < -0.3 is 19.5 Å². The molecule has 0 saturated carbocycles. The molecule has 2 aliphatic rings. The highest BCUT2D eigenvalue weighted by Gasteiger charge is 2.52. The molecule has 4 heterocycles. The van der Waals surface area contributed by atoms with Crippen LogP contribution in [-0.2, 0) is 14.2 Å². The van der Waals surface area contributed by atoms with Crippen molar-refractivity contribution in [3.63, 3.8) is 0 Å². The molecule has 0 radical (unpaired) electrons. The van der Waals surface area contributed by atoms with Crippen LogP contribution >= 0.6 is 11.3 Å². The van der Waals surface area contributed by atoms with Gasteiger partial charge in [-0.1, -0.05) is 0 Å². The molecule has 2 fully saturated rings. The number of carbonyl (C=O) groups excluding carboxylic acids is 1. The lowest BCUT2D eigenvalue weighted by Gasteiger charge is -2.37. The first-order valence-electron chi connectivity index (χ1n) is 8.79. The van der Waals surface area contributed by atoms with Gasteiger partial charge in [0.1, 0.15) is 24.0 Å². The van der Waals surface area contributed by atoms with Crippen molar-refractivity contribution in [3.05, 3.63) is 49.7 Å². The summed E-state index contributed by atoms with van der Waals surface area (Å²) in [4.78, 5) is 41.9. The fourth-order valence-electron chi connectivity index (χ4n) is 3.52. The number of ether oxygens (including phenoxy) is 3. The zero-order valence-corrected chi connectivity index (χ0v) is 16.1. The minimum atomic E-state index is -0.871. The Hall–Kier alpha value is -2.34. The van der Waals surface area contributed by atoms with E-state index in [1.807, 2.05) is 0 Å². The molecule has 1 amide bonds. The van der Waals surface area contributed by atoms with E-state index >= 15 is 0 Å². The first-order valence-corrected chi connectivity index (χ1v) is 9.73. The SMILES string of the molecule is CC1(C)O[C@@H]2[C@H](O1)[C@@H](CNC(=O)c1cscn1)OC[C@H]2n1ccc(=O)[nH]c1=O. The third-order valence-electron chi connectivity index (χ3n) is 4.73. The molecule has 0 aliphatic carbocycles. The minimum Gasteiger partial charge on any atom is -0.371 e. The first kappa shape index (κ1) is 19.0.